The topological polar surface area (TPSA) is 84.1 Å². The molecular weight excluding hydrogens is 290 g/mol. The van der Waals surface area contributed by atoms with Gasteiger partial charge in [-0.05, 0) is 18.2 Å². The average molecular weight is 303 g/mol. The Hall–Kier alpha value is -2.54. The lowest BCUT2D eigenvalue weighted by molar-refractivity contribution is 0.403. The summed E-state index contributed by atoms with van der Waals surface area (Å²) < 4.78 is 32.7. The van der Waals surface area contributed by atoms with Crippen LogP contribution in [0, 0.1) is 0 Å². The van der Waals surface area contributed by atoms with Gasteiger partial charge in [0, 0.05) is 5.39 Å². The molecule has 0 spiro atoms. The van der Waals surface area contributed by atoms with Gasteiger partial charge in [0.1, 0.15) is 10.6 Å². The van der Waals surface area contributed by atoms with Crippen molar-refractivity contribution in [2.45, 2.75) is 4.90 Å². The highest BCUT2D eigenvalue weighted by Crippen LogP contribution is 2.27. The Labute approximate surface area is 121 Å². The molecule has 1 heterocycles. The van der Waals surface area contributed by atoms with E-state index < -0.39 is 10.0 Å². The highest BCUT2D eigenvalue weighted by molar-refractivity contribution is 7.92. The first kappa shape index (κ1) is 13.4. The summed E-state index contributed by atoms with van der Waals surface area (Å²) in [5.41, 5.74) is 1.08. The van der Waals surface area contributed by atoms with Gasteiger partial charge in [-0.3, -0.25) is 9.82 Å². The molecule has 6 nitrogen and oxygen atoms in total. The zero-order valence-corrected chi connectivity index (χ0v) is 12.0. The van der Waals surface area contributed by atoms with Gasteiger partial charge in [-0.1, -0.05) is 24.3 Å². The van der Waals surface area contributed by atoms with Crippen LogP contribution in [0.15, 0.2) is 53.6 Å². The number of methoxy groups -OCH3 is 1. The average Bonchev–Trinajstić information content (AvgIpc) is 2.96. The number of aromatic nitrogens is 2. The molecule has 0 radical (unpaired) electrons. The van der Waals surface area contributed by atoms with Gasteiger partial charge in [-0.15, -0.1) is 0 Å². The fourth-order valence-electron chi connectivity index (χ4n) is 2.09. The molecule has 0 atom stereocenters. The molecule has 0 aliphatic carbocycles. The smallest absolute Gasteiger partial charge is 0.265 e. The maximum absolute atomic E-state index is 12.5. The summed E-state index contributed by atoms with van der Waals surface area (Å²) in [5, 5.41) is 7.53. The van der Waals surface area contributed by atoms with Gasteiger partial charge in [0.15, 0.2) is 0 Å². The van der Waals surface area contributed by atoms with Crippen LogP contribution in [0.5, 0.6) is 5.75 Å². The van der Waals surface area contributed by atoms with E-state index in [0.717, 1.165) is 5.39 Å². The fraction of sp³-hybridized carbons (Fsp3) is 0.0714. The highest BCUT2D eigenvalue weighted by atomic mass is 32.2. The zero-order chi connectivity index (χ0) is 14.9. The van der Waals surface area contributed by atoms with Crippen molar-refractivity contribution < 1.29 is 13.2 Å². The number of rotatable bonds is 4. The van der Waals surface area contributed by atoms with Crippen LogP contribution in [0.2, 0.25) is 0 Å². The van der Waals surface area contributed by atoms with Crippen molar-refractivity contribution >= 4 is 26.6 Å². The number of sulfonamides is 1. The first-order valence-corrected chi connectivity index (χ1v) is 7.68. The van der Waals surface area contributed by atoms with Gasteiger partial charge in [0.25, 0.3) is 10.0 Å². The van der Waals surface area contributed by atoms with Crippen LogP contribution in [-0.4, -0.2) is 25.7 Å². The van der Waals surface area contributed by atoms with E-state index in [9.17, 15) is 8.42 Å². The number of nitrogens with zero attached hydrogens (tertiary/aromatic N) is 1. The lowest BCUT2D eigenvalue weighted by atomic mass is 10.2. The van der Waals surface area contributed by atoms with Gasteiger partial charge >= 0.3 is 0 Å². The van der Waals surface area contributed by atoms with Crippen molar-refractivity contribution in [3.05, 3.63) is 48.7 Å². The molecule has 2 N–H and O–H groups in total. The second kappa shape index (κ2) is 5.10. The van der Waals surface area contributed by atoms with Crippen molar-refractivity contribution in [1.29, 1.82) is 0 Å². The van der Waals surface area contributed by atoms with E-state index in [1.54, 1.807) is 36.5 Å². The molecule has 0 aliphatic rings. The number of benzene rings is 2. The van der Waals surface area contributed by atoms with Crippen LogP contribution in [-0.2, 0) is 10.0 Å². The molecule has 0 amide bonds. The van der Waals surface area contributed by atoms with Gasteiger partial charge < -0.3 is 4.74 Å². The van der Waals surface area contributed by atoms with E-state index in [1.807, 2.05) is 6.07 Å². The summed E-state index contributed by atoms with van der Waals surface area (Å²) in [5.74, 6) is 0.293. The van der Waals surface area contributed by atoms with E-state index in [2.05, 4.69) is 14.9 Å². The third kappa shape index (κ3) is 2.43. The predicted octanol–water partition coefficient (Wildman–Crippen LogP) is 2.37. The molecule has 108 valence electrons. The lowest BCUT2D eigenvalue weighted by Gasteiger charge is -2.11. The molecule has 1 aromatic heterocycles. The minimum absolute atomic E-state index is 0.0871. The van der Waals surface area contributed by atoms with Crippen molar-refractivity contribution in [1.82, 2.24) is 10.2 Å². The minimum Gasteiger partial charge on any atom is -0.495 e. The Balaban J connectivity index is 2.06. The summed E-state index contributed by atoms with van der Waals surface area (Å²) in [7, 11) is -2.31. The zero-order valence-electron chi connectivity index (χ0n) is 11.2. The van der Waals surface area contributed by atoms with E-state index in [-0.39, 0.29) is 4.90 Å². The van der Waals surface area contributed by atoms with Gasteiger partial charge in [-0.2, -0.15) is 5.10 Å². The number of hydrogen-bond donors (Lipinski definition) is 2. The number of anilines is 1. The first-order valence-electron chi connectivity index (χ1n) is 6.20. The molecule has 2 aromatic carbocycles. The molecule has 21 heavy (non-hydrogen) atoms. The van der Waals surface area contributed by atoms with Gasteiger partial charge in [0.2, 0.25) is 0 Å². The first-order chi connectivity index (χ1) is 10.1. The summed E-state index contributed by atoms with van der Waals surface area (Å²) in [6.45, 7) is 0. The third-order valence-corrected chi connectivity index (χ3v) is 4.48. The molecule has 7 heteroatoms. The normalized spacial score (nSPS) is 11.5. The van der Waals surface area contributed by atoms with Crippen LogP contribution < -0.4 is 9.46 Å². The molecular formula is C14H13N3O3S. The number of aromatic amines is 1. The van der Waals surface area contributed by atoms with E-state index >= 15 is 0 Å². The highest BCUT2D eigenvalue weighted by Gasteiger charge is 2.20. The number of para-hydroxylation sites is 2. The van der Waals surface area contributed by atoms with Crippen molar-refractivity contribution in [3.8, 4) is 5.75 Å². The van der Waals surface area contributed by atoms with Crippen molar-refractivity contribution in [3.63, 3.8) is 0 Å². The summed E-state index contributed by atoms with van der Waals surface area (Å²) >= 11 is 0. The van der Waals surface area contributed by atoms with Gasteiger partial charge in [-0.25, -0.2) is 8.42 Å². The molecule has 0 fully saturated rings. The Kier molecular flexibility index (Phi) is 3.26. The molecule has 0 saturated carbocycles. The maximum atomic E-state index is 12.5. The Morgan fingerprint density at radius 2 is 1.95 bits per heavy atom. The Bertz CT molecular complexity index is 887. The molecule has 3 rings (SSSR count). The molecule has 3 aromatic rings. The minimum atomic E-state index is -3.75. The molecule has 0 saturated heterocycles. The predicted molar refractivity (Wildman–Crippen MR) is 79.9 cm³/mol. The maximum Gasteiger partial charge on any atom is 0.265 e. The van der Waals surface area contributed by atoms with Crippen LogP contribution in [0.4, 0.5) is 5.69 Å². The van der Waals surface area contributed by atoms with Gasteiger partial charge in [0.05, 0.1) is 24.5 Å². The third-order valence-electron chi connectivity index (χ3n) is 3.08. The Morgan fingerprint density at radius 3 is 2.76 bits per heavy atom. The largest absolute Gasteiger partial charge is 0.495 e. The quantitative estimate of drug-likeness (QED) is 0.775. The van der Waals surface area contributed by atoms with Crippen molar-refractivity contribution in [2.24, 2.45) is 0 Å². The van der Waals surface area contributed by atoms with E-state index in [4.69, 9.17) is 4.74 Å². The monoisotopic (exact) mass is 303 g/mol. The molecule has 0 aliphatic heterocycles. The van der Waals surface area contributed by atoms with Crippen LogP contribution in [0.25, 0.3) is 10.9 Å². The fourth-order valence-corrected chi connectivity index (χ4v) is 3.34. The molecule has 0 unspecified atom stereocenters. The van der Waals surface area contributed by atoms with E-state index in [1.165, 1.54) is 13.2 Å². The van der Waals surface area contributed by atoms with Crippen LogP contribution in [0.1, 0.15) is 0 Å². The number of H-pyrrole nitrogens is 1. The second-order valence-electron chi connectivity index (χ2n) is 4.40. The number of hydrogen-bond acceptors (Lipinski definition) is 4. The van der Waals surface area contributed by atoms with Crippen molar-refractivity contribution in [2.75, 3.05) is 11.8 Å². The SMILES string of the molecule is COc1ccccc1S(=O)(=O)Nc1cccc2cn[nH]c12. The van der Waals surface area contributed by atoms with Crippen LogP contribution in [0.3, 0.4) is 0 Å². The van der Waals surface area contributed by atoms with E-state index in [0.29, 0.717) is 17.0 Å². The number of ether oxygens (including phenoxy) is 1. The summed E-state index contributed by atoms with van der Waals surface area (Å²) in [6.07, 6.45) is 1.64. The lowest BCUT2D eigenvalue weighted by Crippen LogP contribution is -2.14. The number of nitrogens with one attached hydrogen (secondary N) is 2. The Morgan fingerprint density at radius 1 is 1.14 bits per heavy atom. The standard InChI is InChI=1S/C14H13N3O3S/c1-20-12-7-2-3-8-13(12)21(18,19)17-11-6-4-5-10-9-15-16-14(10)11/h2-9,17H,1H3,(H,15,16). The summed E-state index contributed by atoms with van der Waals surface area (Å²) in [4.78, 5) is 0.0871. The summed E-state index contributed by atoms with van der Waals surface area (Å²) in [6, 6.07) is 11.7. The van der Waals surface area contributed by atoms with Crippen LogP contribution >= 0.6 is 0 Å². The number of fused-ring (bicyclic) bond motifs is 1. The second-order valence-corrected chi connectivity index (χ2v) is 6.05. The molecule has 0 bridgehead atoms.